The molecule has 0 spiro atoms. The Bertz CT molecular complexity index is 607. The Morgan fingerprint density at radius 2 is 1.77 bits per heavy atom. The van der Waals surface area contributed by atoms with Gasteiger partial charge in [0.05, 0.1) is 12.1 Å². The van der Waals surface area contributed by atoms with Crippen molar-refractivity contribution in [1.82, 2.24) is 4.90 Å². The van der Waals surface area contributed by atoms with Gasteiger partial charge < -0.3 is 9.64 Å². The Morgan fingerprint density at radius 3 is 2.38 bits per heavy atom. The second kappa shape index (κ2) is 8.08. The summed E-state index contributed by atoms with van der Waals surface area (Å²) in [5.74, 6) is 1.18. The molecule has 1 amide bonds. The molecule has 4 heteroatoms. The van der Waals surface area contributed by atoms with Crippen LogP contribution in [-0.2, 0) is 9.53 Å². The highest BCUT2D eigenvalue weighted by atomic mass is 19.1. The fourth-order valence-corrected chi connectivity index (χ4v) is 4.65. The van der Waals surface area contributed by atoms with Crippen molar-refractivity contribution in [2.75, 3.05) is 13.2 Å². The summed E-state index contributed by atoms with van der Waals surface area (Å²) in [5.41, 5.74) is 1.02. The summed E-state index contributed by atoms with van der Waals surface area (Å²) < 4.78 is 20.0. The molecule has 4 rings (SSSR count). The molecule has 3 fully saturated rings. The SMILES string of the molecule is O=C1CCCN1[C@H](c1ccc(F)cc1)[C@@H](OCC1CC1)C1CCCCC1. The van der Waals surface area contributed by atoms with E-state index in [2.05, 4.69) is 0 Å². The molecule has 2 aliphatic carbocycles. The van der Waals surface area contributed by atoms with Crippen LogP contribution in [0.3, 0.4) is 0 Å². The zero-order valence-electron chi connectivity index (χ0n) is 15.5. The van der Waals surface area contributed by atoms with Crippen LogP contribution in [0.15, 0.2) is 24.3 Å². The third kappa shape index (κ3) is 4.11. The molecule has 0 N–H and O–H groups in total. The Labute approximate surface area is 155 Å². The number of ether oxygens (including phenoxy) is 1. The quantitative estimate of drug-likeness (QED) is 0.695. The molecule has 1 aromatic rings. The van der Waals surface area contributed by atoms with E-state index in [1.54, 1.807) is 0 Å². The zero-order valence-corrected chi connectivity index (χ0v) is 15.5. The van der Waals surface area contributed by atoms with E-state index in [0.717, 1.165) is 25.1 Å². The second-order valence-corrected chi connectivity index (χ2v) is 8.33. The highest BCUT2D eigenvalue weighted by Crippen LogP contribution is 2.40. The number of benzene rings is 1. The molecular formula is C22H30FNO2. The first-order valence-electron chi connectivity index (χ1n) is 10.4. The lowest BCUT2D eigenvalue weighted by atomic mass is 9.80. The minimum Gasteiger partial charge on any atom is -0.375 e. The van der Waals surface area contributed by atoms with Crippen LogP contribution in [0.25, 0.3) is 0 Å². The van der Waals surface area contributed by atoms with Gasteiger partial charge in [0.15, 0.2) is 0 Å². The summed E-state index contributed by atoms with van der Waals surface area (Å²) in [6.45, 7) is 1.60. The fraction of sp³-hybridized carbons (Fsp3) is 0.682. The molecule has 0 radical (unpaired) electrons. The monoisotopic (exact) mass is 359 g/mol. The van der Waals surface area contributed by atoms with Crippen LogP contribution in [0.1, 0.15) is 69.4 Å². The van der Waals surface area contributed by atoms with E-state index in [-0.39, 0.29) is 23.9 Å². The number of carbonyl (C=O) groups is 1. The lowest BCUT2D eigenvalue weighted by molar-refractivity contribution is -0.136. The first kappa shape index (κ1) is 18.0. The van der Waals surface area contributed by atoms with Gasteiger partial charge in [0, 0.05) is 19.6 Å². The first-order chi connectivity index (χ1) is 12.7. The van der Waals surface area contributed by atoms with Crippen molar-refractivity contribution in [2.24, 2.45) is 11.8 Å². The summed E-state index contributed by atoms with van der Waals surface area (Å²) in [4.78, 5) is 14.6. The smallest absolute Gasteiger partial charge is 0.223 e. The van der Waals surface area contributed by atoms with E-state index < -0.39 is 0 Å². The average molecular weight is 359 g/mol. The molecule has 0 aromatic heterocycles. The fourth-order valence-electron chi connectivity index (χ4n) is 4.65. The molecule has 1 aromatic carbocycles. The topological polar surface area (TPSA) is 29.5 Å². The number of hydrogen-bond donors (Lipinski definition) is 0. The number of rotatable bonds is 7. The van der Waals surface area contributed by atoms with Gasteiger partial charge in [-0.05, 0) is 61.6 Å². The van der Waals surface area contributed by atoms with Gasteiger partial charge >= 0.3 is 0 Å². The summed E-state index contributed by atoms with van der Waals surface area (Å²) in [7, 11) is 0. The Balaban J connectivity index is 1.64. The largest absolute Gasteiger partial charge is 0.375 e. The standard InChI is InChI=1S/C22H30FNO2/c23-19-12-10-17(11-13-19)21(24-14-4-7-20(24)25)22(26-15-16-8-9-16)18-5-2-1-3-6-18/h10-13,16,18,21-22H,1-9,14-15H2/t21-,22+/m1/s1. The maximum absolute atomic E-state index is 13.5. The van der Waals surface area contributed by atoms with Gasteiger partial charge in [-0.1, -0.05) is 31.4 Å². The van der Waals surface area contributed by atoms with E-state index in [0.29, 0.717) is 18.3 Å². The summed E-state index contributed by atoms with van der Waals surface area (Å²) in [6.07, 6.45) is 10.2. The van der Waals surface area contributed by atoms with Crippen LogP contribution >= 0.6 is 0 Å². The van der Waals surface area contributed by atoms with Gasteiger partial charge in [-0.2, -0.15) is 0 Å². The van der Waals surface area contributed by atoms with Crippen LogP contribution in [0.5, 0.6) is 0 Å². The van der Waals surface area contributed by atoms with E-state index in [1.807, 2.05) is 17.0 Å². The predicted molar refractivity (Wildman–Crippen MR) is 99.1 cm³/mol. The molecule has 3 aliphatic rings. The normalized spacial score (nSPS) is 24.0. The number of carbonyl (C=O) groups excluding carboxylic acids is 1. The molecule has 2 atom stereocenters. The van der Waals surface area contributed by atoms with Crippen molar-refractivity contribution in [3.8, 4) is 0 Å². The summed E-state index contributed by atoms with van der Waals surface area (Å²) >= 11 is 0. The van der Waals surface area contributed by atoms with Gasteiger partial charge in [-0.25, -0.2) is 4.39 Å². The van der Waals surface area contributed by atoms with Gasteiger partial charge in [-0.15, -0.1) is 0 Å². The van der Waals surface area contributed by atoms with Crippen LogP contribution in [0.2, 0.25) is 0 Å². The lowest BCUT2D eigenvalue weighted by Gasteiger charge is -2.40. The number of nitrogens with zero attached hydrogens (tertiary/aromatic N) is 1. The lowest BCUT2D eigenvalue weighted by Crippen LogP contribution is -2.43. The number of hydrogen-bond acceptors (Lipinski definition) is 2. The third-order valence-electron chi connectivity index (χ3n) is 6.30. The van der Waals surface area contributed by atoms with Crippen molar-refractivity contribution in [1.29, 1.82) is 0 Å². The van der Waals surface area contributed by atoms with Crippen LogP contribution in [0, 0.1) is 17.7 Å². The van der Waals surface area contributed by atoms with Crippen molar-refractivity contribution < 1.29 is 13.9 Å². The minimum atomic E-state index is -0.228. The second-order valence-electron chi connectivity index (χ2n) is 8.33. The highest BCUT2D eigenvalue weighted by Gasteiger charge is 2.40. The highest BCUT2D eigenvalue weighted by molar-refractivity contribution is 5.78. The predicted octanol–water partition coefficient (Wildman–Crippen LogP) is 4.86. The summed E-state index contributed by atoms with van der Waals surface area (Å²) in [6, 6.07) is 6.65. The van der Waals surface area contributed by atoms with Crippen LogP contribution in [-0.4, -0.2) is 30.1 Å². The van der Waals surface area contributed by atoms with Crippen molar-refractivity contribution in [3.63, 3.8) is 0 Å². The molecule has 0 bridgehead atoms. The Kier molecular flexibility index (Phi) is 5.58. The van der Waals surface area contributed by atoms with E-state index in [9.17, 15) is 9.18 Å². The number of likely N-dealkylation sites (tertiary alicyclic amines) is 1. The Hall–Kier alpha value is -1.42. The van der Waals surface area contributed by atoms with E-state index >= 15 is 0 Å². The molecule has 3 nitrogen and oxygen atoms in total. The minimum absolute atomic E-state index is 0.0309. The average Bonchev–Trinajstić information content (AvgIpc) is 3.40. The summed E-state index contributed by atoms with van der Waals surface area (Å²) in [5, 5.41) is 0. The van der Waals surface area contributed by atoms with Gasteiger partial charge in [0.25, 0.3) is 0 Å². The van der Waals surface area contributed by atoms with Crippen molar-refractivity contribution in [3.05, 3.63) is 35.6 Å². The first-order valence-corrected chi connectivity index (χ1v) is 10.4. The molecule has 1 heterocycles. The van der Waals surface area contributed by atoms with E-state index in [1.165, 1.54) is 57.1 Å². The van der Waals surface area contributed by atoms with Crippen LogP contribution in [0.4, 0.5) is 4.39 Å². The molecule has 1 saturated heterocycles. The molecule has 2 saturated carbocycles. The van der Waals surface area contributed by atoms with Crippen molar-refractivity contribution >= 4 is 5.91 Å². The Morgan fingerprint density at radius 1 is 1.04 bits per heavy atom. The zero-order chi connectivity index (χ0) is 17.9. The number of amides is 1. The van der Waals surface area contributed by atoms with Gasteiger partial charge in [-0.3, -0.25) is 4.79 Å². The van der Waals surface area contributed by atoms with Crippen LogP contribution < -0.4 is 0 Å². The van der Waals surface area contributed by atoms with E-state index in [4.69, 9.17) is 4.74 Å². The third-order valence-corrected chi connectivity index (χ3v) is 6.30. The molecule has 142 valence electrons. The maximum Gasteiger partial charge on any atom is 0.223 e. The molecule has 1 aliphatic heterocycles. The van der Waals surface area contributed by atoms with Crippen molar-refractivity contribution in [2.45, 2.75) is 69.9 Å². The number of halogens is 1. The molecule has 0 unspecified atom stereocenters. The van der Waals surface area contributed by atoms with Gasteiger partial charge in [0.2, 0.25) is 5.91 Å². The molecular weight excluding hydrogens is 329 g/mol. The van der Waals surface area contributed by atoms with Gasteiger partial charge in [0.1, 0.15) is 5.82 Å². The maximum atomic E-state index is 13.5. The molecule has 26 heavy (non-hydrogen) atoms.